The van der Waals surface area contributed by atoms with Gasteiger partial charge in [0, 0.05) is 0 Å². The Bertz CT molecular complexity index is 512. The standard InChI is InChI=1S/C11H9F2NO4/c12-8-4-6(7(11(16)17)5-9(8)13)10(15)14-2-1-3-18-14/h4-5H,1-3H2,(H,16,17). The van der Waals surface area contributed by atoms with Gasteiger partial charge in [0.05, 0.1) is 24.3 Å². The first-order chi connectivity index (χ1) is 8.50. The van der Waals surface area contributed by atoms with Crippen LogP contribution in [0.2, 0.25) is 0 Å². The Hall–Kier alpha value is -2.02. The Balaban J connectivity index is 2.44. The minimum atomic E-state index is -1.50. The molecule has 0 aliphatic carbocycles. The molecule has 0 saturated carbocycles. The third-order valence-electron chi connectivity index (χ3n) is 2.50. The minimum absolute atomic E-state index is 0.289. The molecule has 1 fully saturated rings. The van der Waals surface area contributed by atoms with Crippen LogP contribution in [0.5, 0.6) is 0 Å². The molecule has 18 heavy (non-hydrogen) atoms. The number of carboxylic acids is 1. The lowest BCUT2D eigenvalue weighted by Gasteiger charge is -2.15. The highest BCUT2D eigenvalue weighted by Crippen LogP contribution is 2.19. The average molecular weight is 257 g/mol. The molecule has 0 aromatic heterocycles. The van der Waals surface area contributed by atoms with Crippen molar-refractivity contribution in [2.24, 2.45) is 0 Å². The maximum atomic E-state index is 13.1. The largest absolute Gasteiger partial charge is 0.478 e. The molecule has 7 heteroatoms. The van der Waals surface area contributed by atoms with E-state index in [0.717, 1.165) is 5.06 Å². The molecule has 1 aromatic carbocycles. The Labute approximate surface area is 101 Å². The summed E-state index contributed by atoms with van der Waals surface area (Å²) >= 11 is 0. The first kappa shape index (κ1) is 12.4. The molecule has 96 valence electrons. The summed E-state index contributed by atoms with van der Waals surface area (Å²) in [6.07, 6.45) is 0.609. The van der Waals surface area contributed by atoms with Crippen molar-refractivity contribution in [3.05, 3.63) is 34.9 Å². The van der Waals surface area contributed by atoms with Gasteiger partial charge in [0.15, 0.2) is 11.6 Å². The van der Waals surface area contributed by atoms with Crippen molar-refractivity contribution in [1.29, 1.82) is 0 Å². The average Bonchev–Trinajstić information content (AvgIpc) is 2.84. The molecule has 0 spiro atoms. The van der Waals surface area contributed by atoms with Crippen LogP contribution in [0, 0.1) is 11.6 Å². The molecule has 1 saturated heterocycles. The number of carbonyl (C=O) groups excluding carboxylic acids is 1. The summed E-state index contributed by atoms with van der Waals surface area (Å²) in [4.78, 5) is 27.7. The molecule has 5 nitrogen and oxygen atoms in total. The fraction of sp³-hybridized carbons (Fsp3) is 0.273. The van der Waals surface area contributed by atoms with Gasteiger partial charge in [-0.2, -0.15) is 0 Å². The lowest BCUT2D eigenvalue weighted by atomic mass is 10.1. The molecular weight excluding hydrogens is 248 g/mol. The van der Waals surface area contributed by atoms with E-state index in [1.54, 1.807) is 0 Å². The molecule has 1 aliphatic heterocycles. The summed E-state index contributed by atoms with van der Waals surface area (Å²) in [5.41, 5.74) is -1.02. The van der Waals surface area contributed by atoms with E-state index in [9.17, 15) is 18.4 Å². The Kier molecular flexibility index (Phi) is 3.24. The van der Waals surface area contributed by atoms with Crippen LogP contribution in [0.3, 0.4) is 0 Å². The van der Waals surface area contributed by atoms with Gasteiger partial charge in [0.2, 0.25) is 0 Å². The van der Waals surface area contributed by atoms with Gasteiger partial charge in [-0.05, 0) is 18.6 Å². The number of carbonyl (C=O) groups is 2. The number of amides is 1. The number of rotatable bonds is 2. The number of benzene rings is 1. The highest BCUT2D eigenvalue weighted by atomic mass is 19.2. The first-order valence-electron chi connectivity index (χ1n) is 5.18. The third-order valence-corrected chi connectivity index (χ3v) is 2.50. The van der Waals surface area contributed by atoms with E-state index in [2.05, 4.69) is 0 Å². The van der Waals surface area contributed by atoms with Gasteiger partial charge in [-0.15, -0.1) is 0 Å². The topological polar surface area (TPSA) is 66.8 Å². The number of halogens is 2. The number of aromatic carboxylic acids is 1. The molecule has 1 amide bonds. The van der Waals surface area contributed by atoms with Crippen LogP contribution in [0.1, 0.15) is 27.1 Å². The smallest absolute Gasteiger partial charge is 0.336 e. The highest BCUT2D eigenvalue weighted by Gasteiger charge is 2.27. The van der Waals surface area contributed by atoms with Crippen LogP contribution >= 0.6 is 0 Å². The lowest BCUT2D eigenvalue weighted by Crippen LogP contribution is -2.28. The van der Waals surface area contributed by atoms with Gasteiger partial charge in [0.25, 0.3) is 5.91 Å². The minimum Gasteiger partial charge on any atom is -0.478 e. The fourth-order valence-corrected chi connectivity index (χ4v) is 1.64. The Morgan fingerprint density at radius 2 is 1.83 bits per heavy atom. The quantitative estimate of drug-likeness (QED) is 0.870. The van der Waals surface area contributed by atoms with Crippen LogP contribution in [-0.4, -0.2) is 35.2 Å². The van der Waals surface area contributed by atoms with E-state index in [1.165, 1.54) is 0 Å². The van der Waals surface area contributed by atoms with Gasteiger partial charge in [-0.3, -0.25) is 9.63 Å². The summed E-state index contributed by atoms with van der Waals surface area (Å²) in [5, 5.41) is 9.82. The number of carboxylic acid groups (broad SMARTS) is 1. The molecule has 0 radical (unpaired) electrons. The summed E-state index contributed by atoms with van der Waals surface area (Å²) in [5.74, 6) is -4.88. The second kappa shape index (κ2) is 4.69. The molecule has 1 N–H and O–H groups in total. The third kappa shape index (κ3) is 2.17. The predicted octanol–water partition coefficient (Wildman–Crippen LogP) is 1.44. The molecule has 1 aliphatic rings. The molecule has 0 atom stereocenters. The van der Waals surface area contributed by atoms with Crippen molar-refractivity contribution in [2.45, 2.75) is 6.42 Å². The Morgan fingerprint density at radius 1 is 1.22 bits per heavy atom. The van der Waals surface area contributed by atoms with Crippen LogP contribution < -0.4 is 0 Å². The van der Waals surface area contributed by atoms with Crippen molar-refractivity contribution < 1.29 is 28.3 Å². The van der Waals surface area contributed by atoms with Crippen molar-refractivity contribution in [1.82, 2.24) is 5.06 Å². The number of hydrogen-bond donors (Lipinski definition) is 1. The first-order valence-corrected chi connectivity index (χ1v) is 5.18. The summed E-state index contributed by atoms with van der Waals surface area (Å²) in [6, 6.07) is 1.06. The van der Waals surface area contributed by atoms with Gasteiger partial charge < -0.3 is 5.11 Å². The van der Waals surface area contributed by atoms with Crippen molar-refractivity contribution in [3.8, 4) is 0 Å². The zero-order valence-electron chi connectivity index (χ0n) is 9.15. The number of hydrogen-bond acceptors (Lipinski definition) is 3. The van der Waals surface area contributed by atoms with E-state index < -0.39 is 34.6 Å². The summed E-state index contributed by atoms with van der Waals surface area (Å²) in [7, 11) is 0. The molecule has 2 rings (SSSR count). The van der Waals surface area contributed by atoms with Crippen LogP contribution in [0.15, 0.2) is 12.1 Å². The lowest BCUT2D eigenvalue weighted by molar-refractivity contribution is -0.0769. The van der Waals surface area contributed by atoms with Crippen LogP contribution in [0.25, 0.3) is 0 Å². The maximum absolute atomic E-state index is 13.1. The fourth-order valence-electron chi connectivity index (χ4n) is 1.64. The summed E-state index contributed by atoms with van der Waals surface area (Å²) in [6.45, 7) is 0.620. The van der Waals surface area contributed by atoms with E-state index >= 15 is 0 Å². The molecule has 0 unspecified atom stereocenters. The van der Waals surface area contributed by atoms with Gasteiger partial charge >= 0.3 is 5.97 Å². The maximum Gasteiger partial charge on any atom is 0.336 e. The molecule has 1 aromatic rings. The zero-order chi connectivity index (χ0) is 13.3. The SMILES string of the molecule is O=C(O)c1cc(F)c(F)cc1C(=O)N1CCCO1. The van der Waals surface area contributed by atoms with Crippen molar-refractivity contribution >= 4 is 11.9 Å². The number of nitrogens with zero attached hydrogens (tertiary/aromatic N) is 1. The van der Waals surface area contributed by atoms with Crippen LogP contribution in [-0.2, 0) is 4.84 Å². The number of hydroxylamine groups is 2. The highest BCUT2D eigenvalue weighted by molar-refractivity contribution is 6.04. The van der Waals surface area contributed by atoms with Gasteiger partial charge in [0.1, 0.15) is 0 Å². The van der Waals surface area contributed by atoms with E-state index in [-0.39, 0.29) is 6.54 Å². The van der Waals surface area contributed by atoms with E-state index in [1.807, 2.05) is 0 Å². The molecule has 0 bridgehead atoms. The predicted molar refractivity (Wildman–Crippen MR) is 54.9 cm³/mol. The van der Waals surface area contributed by atoms with E-state index in [0.29, 0.717) is 25.2 Å². The molecular formula is C11H9F2NO4. The Morgan fingerprint density at radius 3 is 2.33 bits per heavy atom. The second-order valence-electron chi connectivity index (χ2n) is 3.71. The summed E-state index contributed by atoms with van der Waals surface area (Å²) < 4.78 is 26.1. The van der Waals surface area contributed by atoms with Crippen molar-refractivity contribution in [2.75, 3.05) is 13.2 Å². The van der Waals surface area contributed by atoms with E-state index in [4.69, 9.17) is 9.94 Å². The monoisotopic (exact) mass is 257 g/mol. The normalized spacial score (nSPS) is 14.9. The van der Waals surface area contributed by atoms with Gasteiger partial charge in [-0.1, -0.05) is 0 Å². The van der Waals surface area contributed by atoms with Crippen LogP contribution in [0.4, 0.5) is 8.78 Å². The zero-order valence-corrected chi connectivity index (χ0v) is 9.15. The van der Waals surface area contributed by atoms with Gasteiger partial charge in [-0.25, -0.2) is 18.6 Å². The molecule has 1 heterocycles. The second-order valence-corrected chi connectivity index (χ2v) is 3.71. The van der Waals surface area contributed by atoms with Crippen molar-refractivity contribution in [3.63, 3.8) is 0 Å².